The molecule has 1 nitrogen and oxygen atoms in total. The number of hydrogen-bond donors (Lipinski definition) is 1. The predicted octanol–water partition coefficient (Wildman–Crippen LogP) is 4.10. The van der Waals surface area contributed by atoms with Crippen LogP contribution >= 0.6 is 11.8 Å². The first-order valence-corrected chi connectivity index (χ1v) is 7.90. The lowest BCUT2D eigenvalue weighted by atomic mass is 9.77. The van der Waals surface area contributed by atoms with E-state index in [1.165, 1.54) is 42.6 Å². The Kier molecular flexibility index (Phi) is 4.93. The van der Waals surface area contributed by atoms with Crippen molar-refractivity contribution in [2.75, 3.05) is 11.5 Å². The number of nitrogens with two attached hydrogens (primary N) is 1. The van der Waals surface area contributed by atoms with E-state index in [-0.39, 0.29) is 6.04 Å². The van der Waals surface area contributed by atoms with Gasteiger partial charge < -0.3 is 5.73 Å². The van der Waals surface area contributed by atoms with Crippen molar-refractivity contribution in [3.05, 3.63) is 35.4 Å². The third kappa shape index (κ3) is 3.26. The lowest BCUT2D eigenvalue weighted by Gasteiger charge is -2.29. The van der Waals surface area contributed by atoms with Gasteiger partial charge in [0.2, 0.25) is 0 Å². The molecule has 1 aromatic rings. The fourth-order valence-electron chi connectivity index (χ4n) is 2.38. The zero-order valence-electron chi connectivity index (χ0n) is 10.7. The van der Waals surface area contributed by atoms with E-state index in [1.54, 1.807) is 0 Å². The number of thioether (sulfide) groups is 1. The molecule has 0 bridgehead atoms. The summed E-state index contributed by atoms with van der Waals surface area (Å²) in [6.07, 6.45) is 5.33. The molecular formula is C15H23NS. The highest BCUT2D eigenvalue weighted by Gasteiger charge is 2.23. The molecule has 1 aliphatic carbocycles. The maximum Gasteiger partial charge on any atom is 0.0389 e. The molecule has 94 valence electrons. The van der Waals surface area contributed by atoms with E-state index in [4.69, 9.17) is 5.73 Å². The van der Waals surface area contributed by atoms with Crippen LogP contribution in [0.2, 0.25) is 0 Å². The summed E-state index contributed by atoms with van der Waals surface area (Å²) in [6.45, 7) is 2.22. The van der Waals surface area contributed by atoms with Gasteiger partial charge in [-0.25, -0.2) is 0 Å². The van der Waals surface area contributed by atoms with Gasteiger partial charge in [0.25, 0.3) is 0 Å². The second-order valence-electron chi connectivity index (χ2n) is 4.94. The molecule has 1 aliphatic rings. The van der Waals surface area contributed by atoms with Gasteiger partial charge in [-0.05, 0) is 42.1 Å². The molecule has 2 N–H and O–H groups in total. The average Bonchev–Trinajstić information content (AvgIpc) is 2.28. The second kappa shape index (κ2) is 6.46. The van der Waals surface area contributed by atoms with Crippen molar-refractivity contribution in [1.29, 1.82) is 0 Å². The zero-order valence-corrected chi connectivity index (χ0v) is 11.5. The van der Waals surface area contributed by atoms with Crippen molar-refractivity contribution < 1.29 is 0 Å². The van der Waals surface area contributed by atoms with Gasteiger partial charge in [0.15, 0.2) is 0 Å². The quantitative estimate of drug-likeness (QED) is 0.768. The van der Waals surface area contributed by atoms with Gasteiger partial charge in [-0.2, -0.15) is 11.8 Å². The van der Waals surface area contributed by atoms with Crippen LogP contribution in [-0.2, 0) is 0 Å². The Hall–Kier alpha value is -0.470. The lowest BCUT2D eigenvalue weighted by molar-refractivity contribution is 0.416. The van der Waals surface area contributed by atoms with Crippen molar-refractivity contribution in [3.8, 4) is 0 Å². The molecule has 2 rings (SSSR count). The van der Waals surface area contributed by atoms with Gasteiger partial charge in [0.05, 0.1) is 0 Å². The van der Waals surface area contributed by atoms with Crippen LogP contribution in [0.4, 0.5) is 0 Å². The zero-order chi connectivity index (χ0) is 12.1. The molecule has 0 aromatic heterocycles. The van der Waals surface area contributed by atoms with Gasteiger partial charge >= 0.3 is 0 Å². The van der Waals surface area contributed by atoms with Crippen LogP contribution in [0.1, 0.15) is 55.7 Å². The summed E-state index contributed by atoms with van der Waals surface area (Å²) >= 11 is 1.98. The molecular weight excluding hydrogens is 226 g/mol. The fraction of sp³-hybridized carbons (Fsp3) is 0.600. The van der Waals surface area contributed by atoms with Crippen LogP contribution in [0.5, 0.6) is 0 Å². The van der Waals surface area contributed by atoms with Crippen molar-refractivity contribution in [2.24, 2.45) is 5.73 Å². The molecule has 1 saturated carbocycles. The van der Waals surface area contributed by atoms with E-state index in [1.807, 2.05) is 11.8 Å². The maximum atomic E-state index is 6.33. The molecule has 0 radical (unpaired) electrons. The van der Waals surface area contributed by atoms with Gasteiger partial charge in [-0.3, -0.25) is 0 Å². The van der Waals surface area contributed by atoms with Crippen LogP contribution in [0.3, 0.4) is 0 Å². The molecule has 0 aliphatic heterocycles. The smallest absolute Gasteiger partial charge is 0.0389 e. The molecule has 17 heavy (non-hydrogen) atoms. The number of hydrogen-bond acceptors (Lipinski definition) is 2. The summed E-state index contributed by atoms with van der Waals surface area (Å²) in [5, 5.41) is 0. The number of rotatable bonds is 6. The van der Waals surface area contributed by atoms with Crippen molar-refractivity contribution in [2.45, 2.75) is 44.6 Å². The van der Waals surface area contributed by atoms with Crippen molar-refractivity contribution in [3.63, 3.8) is 0 Å². The monoisotopic (exact) mass is 249 g/mol. The summed E-state index contributed by atoms with van der Waals surface area (Å²) in [6, 6.07) is 9.00. The highest BCUT2D eigenvalue weighted by Crippen LogP contribution is 2.39. The van der Waals surface area contributed by atoms with Gasteiger partial charge in [0.1, 0.15) is 0 Å². The Bertz CT molecular complexity index is 347. The summed E-state index contributed by atoms with van der Waals surface area (Å²) in [5.74, 6) is 3.06. The lowest BCUT2D eigenvalue weighted by Crippen LogP contribution is -2.19. The standard InChI is InChI=1S/C15H23NS/c1-2-10-17-11-15(16)14-9-4-3-8-13(14)12-6-5-7-12/h3-4,8-9,12,15H,2,5-7,10-11,16H2,1H3. The molecule has 1 unspecified atom stereocenters. The normalized spacial score (nSPS) is 17.8. The molecule has 0 amide bonds. The van der Waals surface area contributed by atoms with E-state index in [9.17, 15) is 0 Å². The highest BCUT2D eigenvalue weighted by molar-refractivity contribution is 7.99. The summed E-state index contributed by atoms with van der Waals surface area (Å²) in [4.78, 5) is 0. The summed E-state index contributed by atoms with van der Waals surface area (Å²) in [7, 11) is 0. The fourth-order valence-corrected chi connectivity index (χ4v) is 3.27. The SMILES string of the molecule is CCCSCC(N)c1ccccc1C1CCC1. The highest BCUT2D eigenvalue weighted by atomic mass is 32.2. The molecule has 1 aromatic carbocycles. The molecule has 0 saturated heterocycles. The van der Waals surface area contributed by atoms with E-state index < -0.39 is 0 Å². The minimum absolute atomic E-state index is 0.211. The van der Waals surface area contributed by atoms with E-state index in [0.717, 1.165) is 11.7 Å². The first-order chi connectivity index (χ1) is 8.33. The Balaban J connectivity index is 2.02. The third-order valence-electron chi connectivity index (χ3n) is 3.59. The van der Waals surface area contributed by atoms with Crippen LogP contribution in [0, 0.1) is 0 Å². The summed E-state index contributed by atoms with van der Waals surface area (Å²) < 4.78 is 0. The van der Waals surface area contributed by atoms with Gasteiger partial charge in [-0.1, -0.05) is 37.6 Å². The first kappa shape index (κ1) is 13.0. The van der Waals surface area contributed by atoms with E-state index in [2.05, 4.69) is 31.2 Å². The van der Waals surface area contributed by atoms with Gasteiger partial charge in [-0.15, -0.1) is 0 Å². The van der Waals surface area contributed by atoms with Crippen LogP contribution in [0.15, 0.2) is 24.3 Å². The average molecular weight is 249 g/mol. The van der Waals surface area contributed by atoms with Crippen molar-refractivity contribution >= 4 is 11.8 Å². The van der Waals surface area contributed by atoms with Crippen LogP contribution in [0.25, 0.3) is 0 Å². The summed E-state index contributed by atoms with van der Waals surface area (Å²) in [5.41, 5.74) is 9.24. The minimum atomic E-state index is 0.211. The number of benzene rings is 1. The predicted molar refractivity (Wildman–Crippen MR) is 77.6 cm³/mol. The Morgan fingerprint density at radius 1 is 1.35 bits per heavy atom. The molecule has 0 spiro atoms. The van der Waals surface area contributed by atoms with Crippen LogP contribution < -0.4 is 5.73 Å². The topological polar surface area (TPSA) is 26.0 Å². The van der Waals surface area contributed by atoms with E-state index in [0.29, 0.717) is 0 Å². The minimum Gasteiger partial charge on any atom is -0.323 e. The third-order valence-corrected chi connectivity index (χ3v) is 4.88. The van der Waals surface area contributed by atoms with E-state index >= 15 is 0 Å². The Morgan fingerprint density at radius 2 is 2.12 bits per heavy atom. The first-order valence-electron chi connectivity index (χ1n) is 6.75. The molecule has 1 atom stereocenters. The second-order valence-corrected chi connectivity index (χ2v) is 6.09. The van der Waals surface area contributed by atoms with Gasteiger partial charge in [0, 0.05) is 11.8 Å². The maximum absolute atomic E-state index is 6.33. The Labute approximate surface area is 109 Å². The molecule has 2 heteroatoms. The molecule has 1 fully saturated rings. The largest absolute Gasteiger partial charge is 0.323 e. The van der Waals surface area contributed by atoms with Crippen LogP contribution in [-0.4, -0.2) is 11.5 Å². The molecule has 0 heterocycles. The van der Waals surface area contributed by atoms with Crippen molar-refractivity contribution in [1.82, 2.24) is 0 Å². The Morgan fingerprint density at radius 3 is 2.76 bits per heavy atom.